The molecule has 120 valence electrons. The Kier molecular flexibility index (Phi) is 5.88. The van der Waals surface area contributed by atoms with Crippen LogP contribution >= 0.6 is 0 Å². The normalized spacial score (nSPS) is 28.0. The lowest BCUT2D eigenvalue weighted by Crippen LogP contribution is -2.61. The third-order valence-corrected chi connectivity index (χ3v) is 5.17. The van der Waals surface area contributed by atoms with Crippen molar-refractivity contribution in [3.8, 4) is 0 Å². The molecule has 3 unspecified atom stereocenters. The van der Waals surface area contributed by atoms with Crippen LogP contribution in [0.4, 0.5) is 0 Å². The summed E-state index contributed by atoms with van der Waals surface area (Å²) in [5, 5.41) is 3.82. The molecule has 0 amide bonds. The highest BCUT2D eigenvalue weighted by Crippen LogP contribution is 2.39. The second-order valence-electron chi connectivity index (χ2n) is 6.99. The van der Waals surface area contributed by atoms with Crippen molar-refractivity contribution in [1.29, 1.82) is 0 Å². The summed E-state index contributed by atoms with van der Waals surface area (Å²) in [6.45, 7) is 5.72. The molecule has 0 bridgehead atoms. The molecule has 3 atom stereocenters. The van der Waals surface area contributed by atoms with E-state index in [1.165, 1.54) is 32.1 Å². The highest BCUT2D eigenvalue weighted by Gasteiger charge is 2.43. The third kappa shape index (κ3) is 3.89. The lowest BCUT2D eigenvalue weighted by atomic mass is 9.70. The molecule has 1 fully saturated rings. The molecule has 0 aliphatic heterocycles. The number of hydrogen-bond donors (Lipinski definition) is 1. The van der Waals surface area contributed by atoms with E-state index < -0.39 is 0 Å². The predicted molar refractivity (Wildman–Crippen MR) is 88.5 cm³/mol. The van der Waals surface area contributed by atoms with E-state index in [2.05, 4.69) is 44.2 Å². The average Bonchev–Trinajstić information content (AvgIpc) is 2.96. The van der Waals surface area contributed by atoms with Gasteiger partial charge in [0, 0.05) is 18.0 Å². The van der Waals surface area contributed by atoms with Gasteiger partial charge in [0.1, 0.15) is 5.76 Å². The van der Waals surface area contributed by atoms with E-state index in [0.29, 0.717) is 6.04 Å². The Bertz CT molecular complexity index is 401. The summed E-state index contributed by atoms with van der Waals surface area (Å²) in [6, 6.07) is 4.57. The molecule has 3 nitrogen and oxygen atoms in total. The van der Waals surface area contributed by atoms with Crippen LogP contribution in [0.1, 0.15) is 51.7 Å². The summed E-state index contributed by atoms with van der Waals surface area (Å²) in [6.07, 6.45) is 9.22. The molecule has 2 rings (SSSR count). The summed E-state index contributed by atoms with van der Waals surface area (Å²) < 4.78 is 5.63. The summed E-state index contributed by atoms with van der Waals surface area (Å²) in [4.78, 5) is 2.47. The van der Waals surface area contributed by atoms with Gasteiger partial charge in [-0.25, -0.2) is 0 Å². The van der Waals surface area contributed by atoms with Crippen LogP contribution < -0.4 is 5.32 Å². The Morgan fingerprint density at radius 1 is 1.48 bits per heavy atom. The zero-order valence-electron chi connectivity index (χ0n) is 14.2. The lowest BCUT2D eigenvalue weighted by Gasteiger charge is -2.50. The Morgan fingerprint density at radius 3 is 2.86 bits per heavy atom. The van der Waals surface area contributed by atoms with Crippen LogP contribution in [0.25, 0.3) is 0 Å². The van der Waals surface area contributed by atoms with Gasteiger partial charge < -0.3 is 14.6 Å². The first kappa shape index (κ1) is 16.6. The van der Waals surface area contributed by atoms with Crippen molar-refractivity contribution in [3.05, 3.63) is 24.2 Å². The van der Waals surface area contributed by atoms with E-state index in [0.717, 1.165) is 24.6 Å². The minimum absolute atomic E-state index is 0.250. The number of furan rings is 1. The molecule has 1 heterocycles. The lowest BCUT2D eigenvalue weighted by molar-refractivity contribution is 0.0357. The van der Waals surface area contributed by atoms with E-state index in [9.17, 15) is 0 Å². The molecule has 1 saturated carbocycles. The van der Waals surface area contributed by atoms with Gasteiger partial charge in [0.05, 0.1) is 6.26 Å². The second-order valence-corrected chi connectivity index (χ2v) is 6.99. The zero-order valence-corrected chi connectivity index (χ0v) is 14.2. The molecule has 21 heavy (non-hydrogen) atoms. The molecule has 1 N–H and O–H groups in total. The predicted octanol–water partition coefficient (Wildman–Crippen LogP) is 3.70. The average molecular weight is 292 g/mol. The monoisotopic (exact) mass is 292 g/mol. The maximum atomic E-state index is 5.63. The Labute approximate surface area is 130 Å². The van der Waals surface area contributed by atoms with E-state index in [-0.39, 0.29) is 5.54 Å². The number of hydrogen-bond acceptors (Lipinski definition) is 3. The molecule has 1 aromatic rings. The van der Waals surface area contributed by atoms with Crippen LogP contribution in [0.3, 0.4) is 0 Å². The summed E-state index contributed by atoms with van der Waals surface area (Å²) >= 11 is 0. The topological polar surface area (TPSA) is 28.4 Å². The van der Waals surface area contributed by atoms with Crippen molar-refractivity contribution in [3.63, 3.8) is 0 Å². The van der Waals surface area contributed by atoms with Crippen molar-refractivity contribution in [1.82, 2.24) is 10.2 Å². The first-order chi connectivity index (χ1) is 10.1. The summed E-state index contributed by atoms with van der Waals surface area (Å²) in [7, 11) is 4.50. The van der Waals surface area contributed by atoms with E-state index >= 15 is 0 Å². The van der Waals surface area contributed by atoms with Gasteiger partial charge in [0.25, 0.3) is 0 Å². The molecule has 0 aromatic carbocycles. The fraction of sp³-hybridized carbons (Fsp3) is 0.778. The third-order valence-electron chi connectivity index (χ3n) is 5.17. The van der Waals surface area contributed by atoms with Crippen LogP contribution in [-0.2, 0) is 6.42 Å². The van der Waals surface area contributed by atoms with Gasteiger partial charge in [0.2, 0.25) is 0 Å². The van der Waals surface area contributed by atoms with E-state index in [1.54, 1.807) is 6.26 Å². The molecule has 1 aromatic heterocycles. The van der Waals surface area contributed by atoms with Gasteiger partial charge in [-0.2, -0.15) is 0 Å². The molecular formula is C18H32N2O. The van der Waals surface area contributed by atoms with Crippen molar-refractivity contribution < 1.29 is 4.42 Å². The van der Waals surface area contributed by atoms with Crippen LogP contribution in [0.5, 0.6) is 0 Å². The maximum Gasteiger partial charge on any atom is 0.105 e. The van der Waals surface area contributed by atoms with E-state index in [4.69, 9.17) is 4.42 Å². The fourth-order valence-electron chi connectivity index (χ4n) is 4.00. The minimum Gasteiger partial charge on any atom is -0.469 e. The smallest absolute Gasteiger partial charge is 0.105 e. The highest BCUT2D eigenvalue weighted by atomic mass is 16.3. The highest BCUT2D eigenvalue weighted by molar-refractivity contribution is 5.08. The second kappa shape index (κ2) is 7.46. The molecule has 3 heteroatoms. The SMILES string of the molecule is CCCNC(Cc1ccco1)C1(N(C)C)CCCC(C)C1. The van der Waals surface area contributed by atoms with Crippen molar-refractivity contribution in [2.24, 2.45) is 5.92 Å². The molecular weight excluding hydrogens is 260 g/mol. The van der Waals surface area contributed by atoms with E-state index in [1.807, 2.05) is 6.07 Å². The molecule has 1 aliphatic carbocycles. The van der Waals surface area contributed by atoms with Crippen LogP contribution in [-0.4, -0.2) is 37.1 Å². The number of likely N-dealkylation sites (N-methyl/N-ethyl adjacent to an activating group) is 1. The summed E-state index contributed by atoms with van der Waals surface area (Å²) in [5.74, 6) is 1.91. The van der Waals surface area contributed by atoms with Crippen LogP contribution in [0, 0.1) is 5.92 Å². The Balaban J connectivity index is 2.21. The van der Waals surface area contributed by atoms with Crippen LogP contribution in [0.2, 0.25) is 0 Å². The van der Waals surface area contributed by atoms with Crippen molar-refractivity contribution in [2.75, 3.05) is 20.6 Å². The quantitative estimate of drug-likeness (QED) is 0.830. The number of nitrogens with zero attached hydrogens (tertiary/aromatic N) is 1. The van der Waals surface area contributed by atoms with Crippen molar-refractivity contribution >= 4 is 0 Å². The molecule has 0 spiro atoms. The standard InChI is InChI=1S/C18H32N2O/c1-5-11-19-17(13-16-9-7-12-21-16)18(20(3)4)10-6-8-15(2)14-18/h7,9,12,15,17,19H,5-6,8,10-11,13-14H2,1-4H3. The van der Waals surface area contributed by atoms with Gasteiger partial charge in [-0.1, -0.05) is 26.7 Å². The minimum atomic E-state index is 0.250. The molecule has 0 saturated heterocycles. The van der Waals surface area contributed by atoms with Gasteiger partial charge in [-0.05, 0) is 58.0 Å². The number of nitrogens with one attached hydrogen (secondary N) is 1. The summed E-state index contributed by atoms with van der Waals surface area (Å²) in [5.41, 5.74) is 0.250. The van der Waals surface area contributed by atoms with Crippen molar-refractivity contribution in [2.45, 2.75) is 64.0 Å². The van der Waals surface area contributed by atoms with Gasteiger partial charge >= 0.3 is 0 Å². The van der Waals surface area contributed by atoms with Gasteiger partial charge in [-0.15, -0.1) is 0 Å². The Hall–Kier alpha value is -0.800. The fourth-order valence-corrected chi connectivity index (χ4v) is 4.00. The maximum absolute atomic E-state index is 5.63. The van der Waals surface area contributed by atoms with Crippen LogP contribution in [0.15, 0.2) is 22.8 Å². The van der Waals surface area contributed by atoms with Gasteiger partial charge in [-0.3, -0.25) is 0 Å². The first-order valence-corrected chi connectivity index (χ1v) is 8.51. The molecule has 1 aliphatic rings. The largest absolute Gasteiger partial charge is 0.469 e. The molecule has 0 radical (unpaired) electrons. The Morgan fingerprint density at radius 2 is 2.29 bits per heavy atom. The first-order valence-electron chi connectivity index (χ1n) is 8.51. The zero-order chi connectivity index (χ0) is 15.3. The van der Waals surface area contributed by atoms with Gasteiger partial charge in [0.15, 0.2) is 0 Å². The number of rotatable bonds is 7.